The van der Waals surface area contributed by atoms with Crippen molar-refractivity contribution in [2.75, 3.05) is 6.61 Å². The molecule has 6 heteroatoms. The molecule has 1 heterocycles. The van der Waals surface area contributed by atoms with Gasteiger partial charge in [0.25, 0.3) is 0 Å². The van der Waals surface area contributed by atoms with Gasteiger partial charge in [0.1, 0.15) is 11.5 Å². The number of aromatic amines is 1. The molecule has 1 aromatic carbocycles. The fourth-order valence-electron chi connectivity index (χ4n) is 1.65. The van der Waals surface area contributed by atoms with Crippen molar-refractivity contribution in [2.45, 2.75) is 13.8 Å². The van der Waals surface area contributed by atoms with Gasteiger partial charge in [-0.15, -0.1) is 5.10 Å². The Morgan fingerprint density at radius 2 is 2.22 bits per heavy atom. The maximum absolute atomic E-state index is 13.0. The van der Waals surface area contributed by atoms with E-state index in [4.69, 9.17) is 4.74 Å². The van der Waals surface area contributed by atoms with Crippen LogP contribution in [0.5, 0.6) is 0 Å². The van der Waals surface area contributed by atoms with Gasteiger partial charge >= 0.3 is 5.97 Å². The molecular weight excluding hydrogens is 237 g/mol. The lowest BCUT2D eigenvalue weighted by Gasteiger charge is -2.04. The highest BCUT2D eigenvalue weighted by Gasteiger charge is 2.20. The first-order chi connectivity index (χ1) is 8.63. The number of carbonyl (C=O) groups excluding carboxylic acids is 1. The normalized spacial score (nSPS) is 10.4. The summed E-state index contributed by atoms with van der Waals surface area (Å²) in [6.45, 7) is 3.70. The Bertz CT molecular complexity index is 580. The number of esters is 1. The first-order valence-electron chi connectivity index (χ1n) is 5.48. The van der Waals surface area contributed by atoms with Gasteiger partial charge in [0.2, 0.25) is 0 Å². The monoisotopic (exact) mass is 249 g/mol. The van der Waals surface area contributed by atoms with E-state index in [-0.39, 0.29) is 18.1 Å². The molecule has 1 aromatic heterocycles. The molecule has 0 saturated heterocycles. The fourth-order valence-corrected chi connectivity index (χ4v) is 1.65. The van der Waals surface area contributed by atoms with Crippen molar-refractivity contribution in [3.63, 3.8) is 0 Å². The number of H-pyrrole nitrogens is 1. The van der Waals surface area contributed by atoms with Crippen LogP contribution in [0.2, 0.25) is 0 Å². The average molecular weight is 249 g/mol. The summed E-state index contributed by atoms with van der Waals surface area (Å²) >= 11 is 0. The van der Waals surface area contributed by atoms with E-state index < -0.39 is 5.97 Å². The molecule has 0 atom stereocenters. The third-order valence-corrected chi connectivity index (χ3v) is 2.46. The number of hydrogen-bond donors (Lipinski definition) is 1. The van der Waals surface area contributed by atoms with E-state index in [9.17, 15) is 9.18 Å². The van der Waals surface area contributed by atoms with Gasteiger partial charge in [0, 0.05) is 5.56 Å². The number of nitrogens with zero attached hydrogens (tertiary/aromatic N) is 2. The third-order valence-electron chi connectivity index (χ3n) is 2.46. The topological polar surface area (TPSA) is 67.9 Å². The van der Waals surface area contributed by atoms with Gasteiger partial charge in [-0.1, -0.05) is 0 Å². The zero-order valence-corrected chi connectivity index (χ0v) is 10.0. The van der Waals surface area contributed by atoms with Crippen molar-refractivity contribution >= 4 is 5.97 Å². The minimum absolute atomic E-state index is 0.103. The molecule has 5 nitrogen and oxygen atoms in total. The van der Waals surface area contributed by atoms with Crippen LogP contribution in [-0.4, -0.2) is 28.0 Å². The molecule has 0 saturated carbocycles. The fraction of sp³-hybridized carbons (Fsp3) is 0.250. The van der Waals surface area contributed by atoms with E-state index in [1.54, 1.807) is 19.9 Å². The SMILES string of the molecule is CCOC(=O)c1n[nH]nc1-c1ccc(F)cc1C. The summed E-state index contributed by atoms with van der Waals surface area (Å²) in [6, 6.07) is 4.25. The molecule has 1 N–H and O–H groups in total. The summed E-state index contributed by atoms with van der Waals surface area (Å²) < 4.78 is 17.9. The van der Waals surface area contributed by atoms with Crippen molar-refractivity contribution in [2.24, 2.45) is 0 Å². The molecule has 0 aliphatic rings. The third kappa shape index (κ3) is 2.22. The van der Waals surface area contributed by atoms with Gasteiger partial charge in [-0.2, -0.15) is 10.3 Å². The number of hydrogen-bond acceptors (Lipinski definition) is 4. The second-order valence-corrected chi connectivity index (χ2v) is 3.70. The van der Waals surface area contributed by atoms with Crippen molar-refractivity contribution in [1.29, 1.82) is 0 Å². The lowest BCUT2D eigenvalue weighted by molar-refractivity contribution is 0.0520. The molecule has 0 amide bonds. The van der Waals surface area contributed by atoms with E-state index in [2.05, 4.69) is 15.4 Å². The van der Waals surface area contributed by atoms with E-state index in [0.717, 1.165) is 0 Å². The maximum atomic E-state index is 13.0. The standard InChI is InChI=1S/C12H12FN3O2/c1-3-18-12(17)11-10(14-16-15-11)9-5-4-8(13)6-7(9)2/h4-6H,3H2,1-2H3,(H,14,15,16). The second kappa shape index (κ2) is 4.95. The van der Waals surface area contributed by atoms with E-state index in [0.29, 0.717) is 16.8 Å². The van der Waals surface area contributed by atoms with Crippen LogP contribution in [0, 0.1) is 12.7 Å². The highest BCUT2D eigenvalue weighted by molar-refractivity contribution is 5.94. The highest BCUT2D eigenvalue weighted by Crippen LogP contribution is 2.24. The van der Waals surface area contributed by atoms with Gasteiger partial charge < -0.3 is 4.74 Å². The number of ether oxygens (including phenoxy) is 1. The summed E-state index contributed by atoms with van der Waals surface area (Å²) in [4.78, 5) is 11.7. The molecule has 0 fully saturated rings. The molecule has 2 aromatic rings. The summed E-state index contributed by atoms with van der Waals surface area (Å²) in [7, 11) is 0. The molecule has 0 unspecified atom stereocenters. The van der Waals surface area contributed by atoms with Crippen LogP contribution in [-0.2, 0) is 4.74 Å². The van der Waals surface area contributed by atoms with Crippen LogP contribution in [0.1, 0.15) is 23.0 Å². The van der Waals surface area contributed by atoms with Gasteiger partial charge in [-0.25, -0.2) is 9.18 Å². The first kappa shape index (κ1) is 12.2. The summed E-state index contributed by atoms with van der Waals surface area (Å²) in [6.07, 6.45) is 0. The lowest BCUT2D eigenvalue weighted by atomic mass is 10.0. The molecule has 18 heavy (non-hydrogen) atoms. The van der Waals surface area contributed by atoms with E-state index in [1.165, 1.54) is 12.1 Å². The minimum atomic E-state index is -0.551. The Morgan fingerprint density at radius 1 is 1.44 bits per heavy atom. The Hall–Kier alpha value is -2.24. The molecular formula is C12H12FN3O2. The molecule has 0 aliphatic carbocycles. The molecule has 94 valence electrons. The van der Waals surface area contributed by atoms with Crippen LogP contribution < -0.4 is 0 Å². The number of benzene rings is 1. The summed E-state index contributed by atoms with van der Waals surface area (Å²) in [5, 5.41) is 10.1. The highest BCUT2D eigenvalue weighted by atomic mass is 19.1. The van der Waals surface area contributed by atoms with E-state index in [1.807, 2.05) is 0 Å². The number of nitrogens with one attached hydrogen (secondary N) is 1. The minimum Gasteiger partial charge on any atom is -0.461 e. The Labute approximate surface area is 103 Å². The van der Waals surface area contributed by atoms with Gasteiger partial charge in [0.15, 0.2) is 5.69 Å². The van der Waals surface area contributed by atoms with Crippen molar-refractivity contribution in [3.05, 3.63) is 35.3 Å². The molecule has 0 radical (unpaired) electrons. The smallest absolute Gasteiger partial charge is 0.361 e. The van der Waals surface area contributed by atoms with Crippen molar-refractivity contribution in [3.8, 4) is 11.3 Å². The van der Waals surface area contributed by atoms with Gasteiger partial charge in [-0.05, 0) is 37.6 Å². The van der Waals surface area contributed by atoms with Gasteiger partial charge in [0.05, 0.1) is 6.61 Å². The molecule has 0 spiro atoms. The predicted molar refractivity (Wildman–Crippen MR) is 62.5 cm³/mol. The number of aromatic nitrogens is 3. The second-order valence-electron chi connectivity index (χ2n) is 3.70. The molecule has 2 rings (SSSR count). The number of rotatable bonds is 3. The summed E-state index contributed by atoms with van der Waals surface area (Å²) in [5.74, 6) is -0.887. The zero-order chi connectivity index (χ0) is 13.1. The van der Waals surface area contributed by atoms with Crippen LogP contribution in [0.25, 0.3) is 11.3 Å². The van der Waals surface area contributed by atoms with Crippen LogP contribution >= 0.6 is 0 Å². The number of carbonyl (C=O) groups is 1. The zero-order valence-electron chi connectivity index (χ0n) is 10.0. The first-order valence-corrected chi connectivity index (χ1v) is 5.48. The Balaban J connectivity index is 2.45. The van der Waals surface area contributed by atoms with Gasteiger partial charge in [-0.3, -0.25) is 0 Å². The molecule has 0 bridgehead atoms. The predicted octanol–water partition coefficient (Wildman–Crippen LogP) is 2.10. The van der Waals surface area contributed by atoms with E-state index >= 15 is 0 Å². The van der Waals surface area contributed by atoms with Crippen molar-refractivity contribution < 1.29 is 13.9 Å². The summed E-state index contributed by atoms with van der Waals surface area (Å²) in [5.41, 5.74) is 1.79. The largest absolute Gasteiger partial charge is 0.461 e. The quantitative estimate of drug-likeness (QED) is 0.846. The van der Waals surface area contributed by atoms with Crippen LogP contribution in [0.15, 0.2) is 18.2 Å². The lowest BCUT2D eigenvalue weighted by Crippen LogP contribution is -2.07. The maximum Gasteiger partial charge on any atom is 0.361 e. The van der Waals surface area contributed by atoms with Crippen LogP contribution in [0.4, 0.5) is 4.39 Å². The number of halogens is 1. The van der Waals surface area contributed by atoms with Crippen molar-refractivity contribution in [1.82, 2.24) is 15.4 Å². The number of aryl methyl sites for hydroxylation is 1. The van der Waals surface area contributed by atoms with Crippen LogP contribution in [0.3, 0.4) is 0 Å². The Morgan fingerprint density at radius 3 is 2.89 bits per heavy atom. The Kier molecular flexibility index (Phi) is 3.36. The molecule has 0 aliphatic heterocycles. The average Bonchev–Trinajstić information content (AvgIpc) is 2.78.